The third kappa shape index (κ3) is 2.51. The minimum Gasteiger partial charge on any atom is -0.508 e. The number of aromatic hydroxyl groups is 1. The first kappa shape index (κ1) is 18.2. The maximum absolute atomic E-state index is 13.3. The van der Waals surface area contributed by atoms with E-state index in [1.54, 1.807) is 49.4 Å². The number of phenolic OH excluding ortho intramolecular Hbond substituents is 1. The van der Waals surface area contributed by atoms with Crippen LogP contribution in [-0.2, 0) is 19.1 Å². The van der Waals surface area contributed by atoms with E-state index in [4.69, 9.17) is 4.74 Å². The summed E-state index contributed by atoms with van der Waals surface area (Å²) in [5.74, 6) is -2.95. The largest absolute Gasteiger partial charge is 0.508 e. The average molecular weight is 380 g/mol. The predicted octanol–water partition coefficient (Wildman–Crippen LogP) is 1.77. The molecular weight excluding hydrogens is 360 g/mol. The Morgan fingerprint density at radius 3 is 2.32 bits per heavy atom. The van der Waals surface area contributed by atoms with Crippen LogP contribution in [0.1, 0.15) is 18.5 Å². The Labute approximate surface area is 161 Å². The van der Waals surface area contributed by atoms with Gasteiger partial charge in [-0.05, 0) is 36.8 Å². The minimum atomic E-state index is -1.35. The highest BCUT2D eigenvalue weighted by atomic mass is 16.5. The second-order valence-corrected chi connectivity index (χ2v) is 7.26. The van der Waals surface area contributed by atoms with E-state index >= 15 is 0 Å². The minimum absolute atomic E-state index is 0.0914. The SMILES string of the molecule is COC(=O)[C@@]1(C)N[C@@H](c2ccc(O)cc2)[C@H]2C(=O)N(c3ccccc3)C(=O)[C@@H]21. The van der Waals surface area contributed by atoms with Gasteiger partial charge in [-0.3, -0.25) is 19.7 Å². The molecule has 0 radical (unpaired) electrons. The van der Waals surface area contributed by atoms with Crippen molar-refractivity contribution in [2.45, 2.75) is 18.5 Å². The van der Waals surface area contributed by atoms with Gasteiger partial charge < -0.3 is 9.84 Å². The quantitative estimate of drug-likeness (QED) is 0.622. The first-order chi connectivity index (χ1) is 13.4. The fourth-order valence-electron chi connectivity index (χ4n) is 4.34. The molecule has 0 saturated carbocycles. The number of carbonyl (C=O) groups excluding carboxylic acids is 3. The summed E-state index contributed by atoms with van der Waals surface area (Å²) >= 11 is 0. The van der Waals surface area contributed by atoms with Crippen molar-refractivity contribution in [1.82, 2.24) is 5.32 Å². The smallest absolute Gasteiger partial charge is 0.326 e. The molecule has 144 valence electrons. The Bertz CT molecular complexity index is 943. The number of methoxy groups -OCH3 is 1. The summed E-state index contributed by atoms with van der Waals surface area (Å²) in [4.78, 5) is 40.3. The van der Waals surface area contributed by atoms with Crippen molar-refractivity contribution in [3.05, 3.63) is 60.2 Å². The van der Waals surface area contributed by atoms with Crippen molar-refractivity contribution in [1.29, 1.82) is 0 Å². The number of anilines is 1. The van der Waals surface area contributed by atoms with Crippen LogP contribution in [0.3, 0.4) is 0 Å². The molecule has 2 N–H and O–H groups in total. The second kappa shape index (κ2) is 6.45. The standard InChI is InChI=1S/C21H20N2O5/c1-21(20(27)28-2)16-15(17(22-21)12-8-10-14(24)11-9-12)18(25)23(19(16)26)13-6-4-3-5-7-13/h3-11,15-17,22,24H,1-2H3/t15-,16+,17-,21-/m0/s1. The Hall–Kier alpha value is -3.19. The average Bonchev–Trinajstić information content (AvgIpc) is 3.16. The highest BCUT2D eigenvalue weighted by Crippen LogP contribution is 2.50. The molecule has 2 aromatic carbocycles. The predicted molar refractivity (Wildman–Crippen MR) is 100 cm³/mol. The van der Waals surface area contributed by atoms with Crippen LogP contribution >= 0.6 is 0 Å². The lowest BCUT2D eigenvalue weighted by atomic mass is 9.80. The number of rotatable bonds is 3. The van der Waals surface area contributed by atoms with Gasteiger partial charge in [0, 0.05) is 6.04 Å². The van der Waals surface area contributed by atoms with E-state index in [0.717, 1.165) is 4.90 Å². The molecule has 4 atom stereocenters. The summed E-state index contributed by atoms with van der Waals surface area (Å²) in [5.41, 5.74) is -0.168. The molecule has 4 rings (SSSR count). The van der Waals surface area contributed by atoms with Gasteiger partial charge in [-0.25, -0.2) is 4.90 Å². The lowest BCUT2D eigenvalue weighted by Crippen LogP contribution is -2.54. The molecule has 0 spiro atoms. The van der Waals surface area contributed by atoms with Crippen LogP contribution in [0.4, 0.5) is 5.69 Å². The van der Waals surface area contributed by atoms with E-state index in [2.05, 4.69) is 5.32 Å². The Morgan fingerprint density at radius 2 is 1.71 bits per heavy atom. The number of esters is 1. The van der Waals surface area contributed by atoms with E-state index in [1.807, 2.05) is 0 Å². The van der Waals surface area contributed by atoms with E-state index in [-0.39, 0.29) is 11.7 Å². The summed E-state index contributed by atoms with van der Waals surface area (Å²) < 4.78 is 4.95. The summed E-state index contributed by atoms with van der Waals surface area (Å²) in [5, 5.41) is 12.7. The number of ether oxygens (including phenoxy) is 1. The van der Waals surface area contributed by atoms with Gasteiger partial charge in [-0.1, -0.05) is 30.3 Å². The molecule has 2 aliphatic rings. The van der Waals surface area contributed by atoms with E-state index in [9.17, 15) is 19.5 Å². The van der Waals surface area contributed by atoms with E-state index in [0.29, 0.717) is 11.3 Å². The molecule has 0 aliphatic carbocycles. The van der Waals surface area contributed by atoms with Crippen molar-refractivity contribution < 1.29 is 24.2 Å². The Morgan fingerprint density at radius 1 is 1.07 bits per heavy atom. The Kier molecular flexibility index (Phi) is 4.19. The second-order valence-electron chi connectivity index (χ2n) is 7.26. The number of fused-ring (bicyclic) bond motifs is 1. The fourth-order valence-corrected chi connectivity index (χ4v) is 4.34. The number of hydrogen-bond donors (Lipinski definition) is 2. The van der Waals surface area contributed by atoms with Crippen LogP contribution in [0.2, 0.25) is 0 Å². The molecule has 2 amide bonds. The maximum Gasteiger partial charge on any atom is 0.326 e. The number of amides is 2. The number of nitrogens with zero attached hydrogens (tertiary/aromatic N) is 1. The number of nitrogens with one attached hydrogen (secondary N) is 1. The van der Waals surface area contributed by atoms with Gasteiger partial charge in [0.25, 0.3) is 0 Å². The van der Waals surface area contributed by atoms with Crippen LogP contribution in [-0.4, -0.2) is 35.5 Å². The number of imide groups is 1. The van der Waals surface area contributed by atoms with Gasteiger partial charge in [0.15, 0.2) is 0 Å². The summed E-state index contributed by atoms with van der Waals surface area (Å²) in [6, 6.07) is 14.5. The van der Waals surface area contributed by atoms with Crippen molar-refractivity contribution in [3.63, 3.8) is 0 Å². The molecule has 2 aliphatic heterocycles. The maximum atomic E-state index is 13.3. The molecule has 0 unspecified atom stereocenters. The van der Waals surface area contributed by atoms with Gasteiger partial charge in [0.05, 0.1) is 24.6 Å². The molecule has 2 heterocycles. The summed E-state index contributed by atoms with van der Waals surface area (Å²) in [6.45, 7) is 1.59. The molecule has 0 bridgehead atoms. The van der Waals surface area contributed by atoms with E-state index < -0.39 is 35.3 Å². The summed E-state index contributed by atoms with van der Waals surface area (Å²) in [6.07, 6.45) is 0. The van der Waals surface area contributed by atoms with Crippen molar-refractivity contribution in [3.8, 4) is 5.75 Å². The molecular formula is C21H20N2O5. The number of para-hydroxylation sites is 1. The molecule has 7 nitrogen and oxygen atoms in total. The van der Waals surface area contributed by atoms with Crippen molar-refractivity contribution >= 4 is 23.5 Å². The van der Waals surface area contributed by atoms with Crippen LogP contribution in [0.25, 0.3) is 0 Å². The highest BCUT2D eigenvalue weighted by Gasteiger charge is 2.67. The molecule has 7 heteroatoms. The van der Waals surface area contributed by atoms with Gasteiger partial charge in [0.1, 0.15) is 11.3 Å². The molecule has 0 aromatic heterocycles. The third-order valence-electron chi connectivity index (χ3n) is 5.66. The number of carbonyl (C=O) groups is 3. The number of phenols is 1. The molecule has 28 heavy (non-hydrogen) atoms. The van der Waals surface area contributed by atoms with E-state index in [1.165, 1.54) is 19.2 Å². The highest BCUT2D eigenvalue weighted by molar-refractivity contribution is 6.24. The van der Waals surface area contributed by atoms with Gasteiger partial charge in [-0.2, -0.15) is 0 Å². The van der Waals surface area contributed by atoms with Crippen molar-refractivity contribution in [2.24, 2.45) is 11.8 Å². The van der Waals surface area contributed by atoms with Gasteiger partial charge in [0.2, 0.25) is 11.8 Å². The first-order valence-electron chi connectivity index (χ1n) is 8.96. The molecule has 2 aromatic rings. The normalized spacial score (nSPS) is 29.1. The van der Waals surface area contributed by atoms with Crippen LogP contribution in [0.5, 0.6) is 5.75 Å². The van der Waals surface area contributed by atoms with Crippen LogP contribution in [0, 0.1) is 11.8 Å². The fraction of sp³-hybridized carbons (Fsp3) is 0.286. The van der Waals surface area contributed by atoms with Crippen molar-refractivity contribution in [2.75, 3.05) is 12.0 Å². The lowest BCUT2D eigenvalue weighted by Gasteiger charge is -2.28. The zero-order valence-corrected chi connectivity index (χ0v) is 15.5. The van der Waals surface area contributed by atoms with Gasteiger partial charge >= 0.3 is 5.97 Å². The third-order valence-corrected chi connectivity index (χ3v) is 5.66. The topological polar surface area (TPSA) is 95.9 Å². The summed E-state index contributed by atoms with van der Waals surface area (Å²) in [7, 11) is 1.26. The van der Waals surface area contributed by atoms with Crippen LogP contribution in [0.15, 0.2) is 54.6 Å². The first-order valence-corrected chi connectivity index (χ1v) is 8.96. The van der Waals surface area contributed by atoms with Gasteiger partial charge in [-0.15, -0.1) is 0 Å². The monoisotopic (exact) mass is 380 g/mol. The number of hydrogen-bond acceptors (Lipinski definition) is 6. The zero-order chi connectivity index (χ0) is 20.1. The van der Waals surface area contributed by atoms with Crippen LogP contribution < -0.4 is 10.2 Å². The molecule has 2 fully saturated rings. The zero-order valence-electron chi connectivity index (χ0n) is 15.5. The molecule has 2 saturated heterocycles. The Balaban J connectivity index is 1.82. The number of benzene rings is 2. The lowest BCUT2D eigenvalue weighted by molar-refractivity contribution is -0.151.